The number of rotatable bonds is 1. The van der Waals surface area contributed by atoms with E-state index in [0.29, 0.717) is 4.57 Å². The van der Waals surface area contributed by atoms with E-state index in [9.17, 15) is 14.3 Å². The Labute approximate surface area is 117 Å². The van der Waals surface area contributed by atoms with Crippen molar-refractivity contribution in [2.24, 2.45) is 7.05 Å². The van der Waals surface area contributed by atoms with E-state index in [2.05, 4.69) is 0 Å². The van der Waals surface area contributed by atoms with E-state index in [0.717, 1.165) is 16.7 Å². The molecule has 6 nitrogen and oxygen atoms in total. The zero-order valence-corrected chi connectivity index (χ0v) is 10.8. The Morgan fingerprint density at radius 3 is 2.45 bits per heavy atom. The van der Waals surface area contributed by atoms with Gasteiger partial charge in [-0.05, 0) is 6.07 Å². The van der Waals surface area contributed by atoms with E-state index >= 15 is 0 Å². The van der Waals surface area contributed by atoms with Crippen LogP contribution >= 0.6 is 11.6 Å². The van der Waals surface area contributed by atoms with Crippen molar-refractivity contribution >= 4 is 11.6 Å². The van der Waals surface area contributed by atoms with E-state index in [4.69, 9.17) is 22.1 Å². The first kappa shape index (κ1) is 13.7. The summed E-state index contributed by atoms with van der Waals surface area (Å²) in [5.41, 5.74) is -1.66. The van der Waals surface area contributed by atoms with Crippen LogP contribution in [0.1, 0.15) is 11.4 Å². The van der Waals surface area contributed by atoms with Crippen LogP contribution in [0.3, 0.4) is 0 Å². The fraction of sp³-hybridized carbons (Fsp3) is 0.0833. The fourth-order valence-corrected chi connectivity index (χ4v) is 1.91. The van der Waals surface area contributed by atoms with Crippen LogP contribution < -0.4 is 5.69 Å². The molecule has 0 spiro atoms. The van der Waals surface area contributed by atoms with Gasteiger partial charge in [-0.3, -0.25) is 4.57 Å². The number of benzene rings is 1. The lowest BCUT2D eigenvalue weighted by Gasteiger charge is -2.06. The van der Waals surface area contributed by atoms with E-state index in [1.54, 1.807) is 12.1 Å². The molecule has 0 bridgehead atoms. The number of hydrogen-bond acceptors (Lipinski definition) is 4. The molecule has 0 amide bonds. The smallest absolute Gasteiger partial charge is 0.334 e. The molecule has 1 aromatic carbocycles. The van der Waals surface area contributed by atoms with Crippen molar-refractivity contribution in [3.05, 3.63) is 44.8 Å². The van der Waals surface area contributed by atoms with Crippen molar-refractivity contribution < 1.29 is 9.50 Å². The zero-order chi connectivity index (χ0) is 15.0. The molecule has 20 heavy (non-hydrogen) atoms. The number of nitrogens with zero attached hydrogens (tertiary/aromatic N) is 4. The van der Waals surface area contributed by atoms with Crippen molar-refractivity contribution in [2.75, 3.05) is 0 Å². The van der Waals surface area contributed by atoms with Crippen LogP contribution in [0.5, 0.6) is 5.75 Å². The van der Waals surface area contributed by atoms with Gasteiger partial charge in [0, 0.05) is 13.1 Å². The normalized spacial score (nSPS) is 10.1. The Balaban J connectivity index is 2.92. The Hall–Kier alpha value is -2.77. The number of aromatic nitrogens is 2. The number of phenols is 1. The Morgan fingerprint density at radius 2 is 1.90 bits per heavy atom. The maximum absolute atomic E-state index is 13.9. The summed E-state index contributed by atoms with van der Waals surface area (Å²) in [6.07, 6.45) is 0. The topological polar surface area (TPSA) is 94.7 Å². The highest BCUT2D eigenvalue weighted by atomic mass is 35.5. The van der Waals surface area contributed by atoms with Gasteiger partial charge in [-0.25, -0.2) is 13.8 Å². The molecular weight excluding hydrogens is 287 g/mol. The molecule has 0 saturated heterocycles. The highest BCUT2D eigenvalue weighted by Crippen LogP contribution is 2.28. The SMILES string of the molecule is Cn1c(C#N)c(C#N)n(-c2cc(O)c(Cl)cc2F)c1=O. The number of halogens is 2. The molecule has 1 aromatic heterocycles. The molecule has 100 valence electrons. The van der Waals surface area contributed by atoms with Gasteiger partial charge in [0.15, 0.2) is 11.4 Å². The molecule has 0 radical (unpaired) electrons. The third kappa shape index (κ3) is 1.81. The lowest BCUT2D eigenvalue weighted by Crippen LogP contribution is -2.22. The molecule has 1 N–H and O–H groups in total. The Kier molecular flexibility index (Phi) is 3.23. The summed E-state index contributed by atoms with van der Waals surface area (Å²) < 4.78 is 15.5. The highest BCUT2D eigenvalue weighted by molar-refractivity contribution is 6.32. The molecule has 0 atom stereocenters. The first-order valence-corrected chi connectivity index (χ1v) is 5.60. The van der Waals surface area contributed by atoms with Crippen molar-refractivity contribution in [3.63, 3.8) is 0 Å². The second kappa shape index (κ2) is 4.72. The molecule has 8 heteroatoms. The van der Waals surface area contributed by atoms with E-state index in [-0.39, 0.29) is 22.1 Å². The zero-order valence-electron chi connectivity index (χ0n) is 10.1. The largest absolute Gasteiger partial charge is 0.506 e. The molecule has 0 fully saturated rings. The Morgan fingerprint density at radius 1 is 1.30 bits per heavy atom. The van der Waals surface area contributed by atoms with Gasteiger partial charge in [0.2, 0.25) is 0 Å². The molecule has 1 heterocycles. The first-order chi connectivity index (χ1) is 9.42. The predicted molar refractivity (Wildman–Crippen MR) is 67.1 cm³/mol. The summed E-state index contributed by atoms with van der Waals surface area (Å²) in [5.74, 6) is -1.34. The third-order valence-electron chi connectivity index (χ3n) is 2.73. The van der Waals surface area contributed by atoms with Crippen LogP contribution in [-0.4, -0.2) is 14.2 Å². The van der Waals surface area contributed by atoms with Gasteiger partial charge < -0.3 is 5.11 Å². The van der Waals surface area contributed by atoms with Crippen LogP contribution in [0.4, 0.5) is 4.39 Å². The second-order valence-electron chi connectivity index (χ2n) is 3.85. The van der Waals surface area contributed by atoms with Gasteiger partial charge in [0.05, 0.1) is 10.7 Å². The van der Waals surface area contributed by atoms with Crippen molar-refractivity contribution in [1.82, 2.24) is 9.13 Å². The molecule has 0 unspecified atom stereocenters. The number of nitriles is 2. The summed E-state index contributed by atoms with van der Waals surface area (Å²) in [4.78, 5) is 12.0. The second-order valence-corrected chi connectivity index (χ2v) is 4.26. The van der Waals surface area contributed by atoms with Crippen molar-refractivity contribution in [1.29, 1.82) is 10.5 Å². The number of hydrogen-bond donors (Lipinski definition) is 1. The van der Waals surface area contributed by atoms with Gasteiger partial charge in [0.25, 0.3) is 0 Å². The van der Waals surface area contributed by atoms with Gasteiger partial charge in [-0.15, -0.1) is 0 Å². The van der Waals surface area contributed by atoms with Crippen LogP contribution in [0, 0.1) is 28.5 Å². The van der Waals surface area contributed by atoms with E-state index in [1.807, 2.05) is 0 Å². The number of aromatic hydroxyl groups is 1. The highest BCUT2D eigenvalue weighted by Gasteiger charge is 2.22. The van der Waals surface area contributed by atoms with Crippen LogP contribution in [0.2, 0.25) is 5.02 Å². The van der Waals surface area contributed by atoms with Crippen LogP contribution in [-0.2, 0) is 7.05 Å². The van der Waals surface area contributed by atoms with Gasteiger partial charge >= 0.3 is 5.69 Å². The van der Waals surface area contributed by atoms with E-state index < -0.39 is 17.3 Å². The minimum absolute atomic E-state index is 0.202. The van der Waals surface area contributed by atoms with Gasteiger partial charge in [-0.2, -0.15) is 10.5 Å². The molecular formula is C12H6ClFN4O2. The molecule has 2 aromatic rings. The molecule has 0 aliphatic carbocycles. The van der Waals surface area contributed by atoms with Crippen LogP contribution in [0.15, 0.2) is 16.9 Å². The average molecular weight is 293 g/mol. The summed E-state index contributed by atoms with van der Waals surface area (Å²) in [5, 5.41) is 27.3. The predicted octanol–water partition coefficient (Wildman–Crippen LogP) is 1.42. The molecule has 2 rings (SSSR count). The maximum atomic E-state index is 13.9. The van der Waals surface area contributed by atoms with Gasteiger partial charge in [-0.1, -0.05) is 11.6 Å². The Bertz CT molecular complexity index is 854. The maximum Gasteiger partial charge on any atom is 0.334 e. The average Bonchev–Trinajstić information content (AvgIpc) is 2.66. The van der Waals surface area contributed by atoms with E-state index in [1.165, 1.54) is 7.05 Å². The molecule has 0 aliphatic rings. The van der Waals surface area contributed by atoms with Crippen molar-refractivity contribution in [3.8, 4) is 23.6 Å². The van der Waals surface area contributed by atoms with Gasteiger partial charge in [0.1, 0.15) is 23.7 Å². The summed E-state index contributed by atoms with van der Waals surface area (Å²) >= 11 is 5.55. The summed E-state index contributed by atoms with van der Waals surface area (Å²) in [7, 11) is 1.28. The minimum atomic E-state index is -0.901. The minimum Gasteiger partial charge on any atom is -0.506 e. The summed E-state index contributed by atoms with van der Waals surface area (Å²) in [6.45, 7) is 0. The first-order valence-electron chi connectivity index (χ1n) is 5.22. The standard InChI is InChI=1S/C12H6ClFN4O2/c1-17-9(4-15)10(5-16)18(12(17)20)8-3-11(19)6(13)2-7(8)14/h2-3,19H,1H3. The van der Waals surface area contributed by atoms with Crippen LogP contribution in [0.25, 0.3) is 5.69 Å². The quantitative estimate of drug-likeness (QED) is 0.860. The molecule has 0 aliphatic heterocycles. The number of imidazole rings is 1. The summed E-state index contributed by atoms with van der Waals surface area (Å²) in [6, 6.07) is 5.11. The monoisotopic (exact) mass is 292 g/mol. The lowest BCUT2D eigenvalue weighted by molar-refractivity contribution is 0.472. The lowest BCUT2D eigenvalue weighted by atomic mass is 10.2. The third-order valence-corrected chi connectivity index (χ3v) is 3.03. The fourth-order valence-electron chi connectivity index (χ4n) is 1.76. The molecule has 0 saturated carbocycles. The van der Waals surface area contributed by atoms with Crippen molar-refractivity contribution in [2.45, 2.75) is 0 Å². The number of phenolic OH excluding ortho intramolecular Hbond substituents is 1.